The van der Waals surface area contributed by atoms with E-state index < -0.39 is 0 Å². The molecule has 0 fully saturated rings. The van der Waals surface area contributed by atoms with E-state index in [9.17, 15) is 4.79 Å². The molecule has 0 aliphatic carbocycles. The molecule has 0 aromatic heterocycles. The zero-order valence-electron chi connectivity index (χ0n) is 15.9. The number of hydrogen-bond acceptors (Lipinski definition) is 2. The van der Waals surface area contributed by atoms with Crippen LogP contribution in [0.15, 0.2) is 53.5 Å². The summed E-state index contributed by atoms with van der Waals surface area (Å²) in [5.41, 5.74) is 4.89. The molecule has 0 saturated heterocycles. The van der Waals surface area contributed by atoms with Crippen molar-refractivity contribution in [3.8, 4) is 0 Å². The smallest absolute Gasteiger partial charge is 0.221 e. The van der Waals surface area contributed by atoms with Gasteiger partial charge in [0.15, 0.2) is 5.96 Å². The van der Waals surface area contributed by atoms with Gasteiger partial charge in [-0.15, -0.1) is 24.0 Å². The number of aliphatic imine (C=N–C) groups is 1. The molecule has 0 atom stereocenters. The minimum atomic E-state index is -0.0497. The lowest BCUT2D eigenvalue weighted by molar-refractivity contribution is -0.114. The van der Waals surface area contributed by atoms with Gasteiger partial charge in [0.2, 0.25) is 5.91 Å². The first-order valence-electron chi connectivity index (χ1n) is 9.04. The van der Waals surface area contributed by atoms with Gasteiger partial charge in [-0.3, -0.25) is 9.79 Å². The van der Waals surface area contributed by atoms with Crippen molar-refractivity contribution in [3.05, 3.63) is 65.2 Å². The average molecular weight is 478 g/mol. The highest BCUT2D eigenvalue weighted by atomic mass is 127. The van der Waals surface area contributed by atoms with Gasteiger partial charge in [0.05, 0.1) is 0 Å². The van der Waals surface area contributed by atoms with Crippen molar-refractivity contribution in [1.82, 2.24) is 10.2 Å². The van der Waals surface area contributed by atoms with Gasteiger partial charge in [-0.25, -0.2) is 0 Å². The lowest BCUT2D eigenvalue weighted by atomic mass is 10.0. The number of benzene rings is 2. The maximum atomic E-state index is 11.1. The molecule has 1 aliphatic rings. The molecule has 6 heteroatoms. The lowest BCUT2D eigenvalue weighted by Crippen LogP contribution is -2.44. The third kappa shape index (κ3) is 5.95. The van der Waals surface area contributed by atoms with Crippen molar-refractivity contribution in [2.75, 3.05) is 25.5 Å². The third-order valence-electron chi connectivity index (χ3n) is 4.61. The normalized spacial score (nSPS) is 13.4. The number of fused-ring (bicyclic) bond motifs is 1. The highest BCUT2D eigenvalue weighted by Crippen LogP contribution is 2.18. The van der Waals surface area contributed by atoms with Crippen LogP contribution in [0.2, 0.25) is 0 Å². The molecule has 0 saturated carbocycles. The molecule has 1 aliphatic heterocycles. The summed E-state index contributed by atoms with van der Waals surface area (Å²) in [6.07, 6.45) is 1.96. The summed E-state index contributed by atoms with van der Waals surface area (Å²) in [5, 5.41) is 6.26. The second-order valence-corrected chi connectivity index (χ2v) is 6.54. The Hall–Kier alpha value is -2.09. The average Bonchev–Trinajstić information content (AvgIpc) is 2.66. The molecule has 0 spiro atoms. The number of carbonyl (C=O) groups excluding carboxylic acids is 1. The number of guanidine groups is 1. The topological polar surface area (TPSA) is 56.7 Å². The van der Waals surface area contributed by atoms with Crippen LogP contribution in [-0.2, 0) is 24.2 Å². The van der Waals surface area contributed by atoms with E-state index >= 15 is 0 Å². The predicted molar refractivity (Wildman–Crippen MR) is 122 cm³/mol. The summed E-state index contributed by atoms with van der Waals surface area (Å²) in [6, 6.07) is 16.6. The molecule has 2 N–H and O–H groups in total. The van der Waals surface area contributed by atoms with Crippen molar-refractivity contribution in [2.45, 2.75) is 26.3 Å². The fourth-order valence-corrected chi connectivity index (χ4v) is 3.29. The summed E-state index contributed by atoms with van der Waals surface area (Å²) in [4.78, 5) is 17.8. The molecule has 2 aromatic rings. The van der Waals surface area contributed by atoms with E-state index in [4.69, 9.17) is 0 Å². The van der Waals surface area contributed by atoms with Crippen LogP contribution in [0.1, 0.15) is 23.6 Å². The summed E-state index contributed by atoms with van der Waals surface area (Å²) in [6.45, 7) is 4.23. The number of hydrogen-bond donors (Lipinski definition) is 2. The highest BCUT2D eigenvalue weighted by Gasteiger charge is 2.18. The zero-order chi connectivity index (χ0) is 18.4. The van der Waals surface area contributed by atoms with E-state index in [2.05, 4.69) is 44.8 Å². The molecule has 27 heavy (non-hydrogen) atoms. The van der Waals surface area contributed by atoms with Gasteiger partial charge >= 0.3 is 0 Å². The number of anilines is 1. The predicted octanol–water partition coefficient (Wildman–Crippen LogP) is 3.44. The molecule has 144 valence electrons. The maximum absolute atomic E-state index is 11.1. The number of nitrogens with zero attached hydrogens (tertiary/aromatic N) is 2. The molecule has 1 heterocycles. The monoisotopic (exact) mass is 478 g/mol. The minimum Gasteiger partial charge on any atom is -0.356 e. The van der Waals surface area contributed by atoms with Crippen molar-refractivity contribution < 1.29 is 4.79 Å². The van der Waals surface area contributed by atoms with Crippen molar-refractivity contribution >= 4 is 41.5 Å². The van der Waals surface area contributed by atoms with Gasteiger partial charge in [0.25, 0.3) is 0 Å². The molecular formula is C21H27IN4O. The molecule has 0 radical (unpaired) electrons. The SMILES string of the molecule is CN=C(NCCc1ccc(NC(C)=O)cc1)N1CCc2ccccc2C1.I. The van der Waals surface area contributed by atoms with Crippen molar-refractivity contribution in [3.63, 3.8) is 0 Å². The van der Waals surface area contributed by atoms with Crippen LogP contribution in [0.4, 0.5) is 5.69 Å². The van der Waals surface area contributed by atoms with Gasteiger partial charge in [-0.05, 0) is 41.7 Å². The van der Waals surface area contributed by atoms with E-state index in [1.54, 1.807) is 0 Å². The Morgan fingerprint density at radius 1 is 1.11 bits per heavy atom. The largest absolute Gasteiger partial charge is 0.356 e. The zero-order valence-corrected chi connectivity index (χ0v) is 18.2. The van der Waals surface area contributed by atoms with Gasteiger partial charge in [0, 0.05) is 39.3 Å². The lowest BCUT2D eigenvalue weighted by Gasteiger charge is -2.31. The first kappa shape index (κ1) is 21.2. The van der Waals surface area contributed by atoms with Crippen LogP contribution in [0.5, 0.6) is 0 Å². The second kappa shape index (κ2) is 10.3. The van der Waals surface area contributed by atoms with Crippen LogP contribution in [0, 0.1) is 0 Å². The fourth-order valence-electron chi connectivity index (χ4n) is 3.29. The number of nitrogens with one attached hydrogen (secondary N) is 2. The third-order valence-corrected chi connectivity index (χ3v) is 4.61. The van der Waals surface area contributed by atoms with E-state index in [1.807, 2.05) is 31.3 Å². The molecule has 3 rings (SSSR count). The van der Waals surface area contributed by atoms with Crippen molar-refractivity contribution in [2.24, 2.45) is 4.99 Å². The molecule has 0 bridgehead atoms. The first-order chi connectivity index (χ1) is 12.7. The van der Waals surface area contributed by atoms with Gasteiger partial charge in [-0.1, -0.05) is 36.4 Å². The van der Waals surface area contributed by atoms with Gasteiger partial charge in [0.1, 0.15) is 0 Å². The Kier molecular flexibility index (Phi) is 8.09. The molecular weight excluding hydrogens is 451 g/mol. The van der Waals surface area contributed by atoms with E-state index in [0.29, 0.717) is 0 Å². The molecule has 5 nitrogen and oxygen atoms in total. The number of carbonyl (C=O) groups is 1. The minimum absolute atomic E-state index is 0. The van der Waals surface area contributed by atoms with E-state index in [-0.39, 0.29) is 29.9 Å². The Morgan fingerprint density at radius 3 is 2.48 bits per heavy atom. The van der Waals surface area contributed by atoms with Gasteiger partial charge in [-0.2, -0.15) is 0 Å². The van der Waals surface area contributed by atoms with Crippen molar-refractivity contribution in [1.29, 1.82) is 0 Å². The van der Waals surface area contributed by atoms with E-state index in [0.717, 1.165) is 44.1 Å². The Balaban J connectivity index is 0.00000261. The van der Waals surface area contributed by atoms with Crippen LogP contribution >= 0.6 is 24.0 Å². The first-order valence-corrected chi connectivity index (χ1v) is 9.04. The van der Waals surface area contributed by atoms with E-state index in [1.165, 1.54) is 23.6 Å². The number of halogens is 1. The van der Waals surface area contributed by atoms with Crippen LogP contribution in [-0.4, -0.2) is 36.9 Å². The maximum Gasteiger partial charge on any atom is 0.221 e. The second-order valence-electron chi connectivity index (χ2n) is 6.54. The van der Waals surface area contributed by atoms with Crippen LogP contribution in [0.25, 0.3) is 0 Å². The number of amides is 1. The highest BCUT2D eigenvalue weighted by molar-refractivity contribution is 14.0. The van der Waals surface area contributed by atoms with Gasteiger partial charge < -0.3 is 15.5 Å². The molecule has 1 amide bonds. The Labute approximate surface area is 178 Å². The Morgan fingerprint density at radius 2 is 1.81 bits per heavy atom. The Bertz CT molecular complexity index is 789. The fraction of sp³-hybridized carbons (Fsp3) is 0.333. The summed E-state index contributed by atoms with van der Waals surface area (Å²) >= 11 is 0. The summed E-state index contributed by atoms with van der Waals surface area (Å²) in [5.74, 6) is 0.903. The molecule has 0 unspecified atom stereocenters. The number of rotatable bonds is 4. The standard InChI is InChI=1S/C21H26N4O.HI/c1-16(26)24-20-9-7-17(8-10-20)11-13-23-21(22-2)25-14-12-18-5-3-4-6-19(18)15-25;/h3-10H,11-15H2,1-2H3,(H,22,23)(H,24,26);1H. The molecule has 2 aromatic carbocycles. The van der Waals surface area contributed by atoms with Crippen LogP contribution in [0.3, 0.4) is 0 Å². The summed E-state index contributed by atoms with van der Waals surface area (Å²) < 4.78 is 0. The summed E-state index contributed by atoms with van der Waals surface area (Å²) in [7, 11) is 1.84. The van der Waals surface area contributed by atoms with Crippen LogP contribution < -0.4 is 10.6 Å². The quantitative estimate of drug-likeness (QED) is 0.402.